The van der Waals surface area contributed by atoms with Crippen molar-refractivity contribution in [2.24, 2.45) is 5.41 Å². The summed E-state index contributed by atoms with van der Waals surface area (Å²) in [6.07, 6.45) is 5.83. The monoisotopic (exact) mass is 319 g/mol. The maximum absolute atomic E-state index is 12.6. The third-order valence-corrected chi connectivity index (χ3v) is 5.88. The van der Waals surface area contributed by atoms with Gasteiger partial charge in [0.1, 0.15) is 4.90 Å². The predicted molar refractivity (Wildman–Crippen MR) is 79.3 cm³/mol. The van der Waals surface area contributed by atoms with Gasteiger partial charge in [0, 0.05) is 25.2 Å². The molecule has 0 spiro atoms. The van der Waals surface area contributed by atoms with Crippen molar-refractivity contribution in [2.75, 3.05) is 19.0 Å². The molecule has 0 atom stereocenters. The number of rotatable bonds is 4. The van der Waals surface area contributed by atoms with Gasteiger partial charge in [0.15, 0.2) is 0 Å². The molecule has 1 aromatic rings. The van der Waals surface area contributed by atoms with Crippen LogP contribution >= 0.6 is 11.6 Å². The Labute approximate surface area is 126 Å². The van der Waals surface area contributed by atoms with Gasteiger partial charge in [0.05, 0.1) is 12.7 Å². The Kier molecular flexibility index (Phi) is 4.76. The van der Waals surface area contributed by atoms with E-state index >= 15 is 0 Å². The van der Waals surface area contributed by atoms with Gasteiger partial charge in [-0.3, -0.25) is 4.68 Å². The van der Waals surface area contributed by atoms with E-state index in [0.717, 1.165) is 19.3 Å². The van der Waals surface area contributed by atoms with Crippen LogP contribution < -0.4 is 0 Å². The Morgan fingerprint density at radius 1 is 1.35 bits per heavy atom. The van der Waals surface area contributed by atoms with Crippen molar-refractivity contribution in [1.29, 1.82) is 0 Å². The highest BCUT2D eigenvalue weighted by atomic mass is 35.5. The minimum absolute atomic E-state index is 0.215. The van der Waals surface area contributed by atoms with Crippen LogP contribution in [0.1, 0.15) is 33.1 Å². The zero-order valence-electron chi connectivity index (χ0n) is 12.0. The van der Waals surface area contributed by atoms with Crippen LogP contribution in [0.3, 0.4) is 0 Å². The molecule has 20 heavy (non-hydrogen) atoms. The summed E-state index contributed by atoms with van der Waals surface area (Å²) in [7, 11) is -3.43. The quantitative estimate of drug-likeness (QED) is 0.800. The highest BCUT2D eigenvalue weighted by Gasteiger charge is 2.31. The molecule has 0 unspecified atom stereocenters. The third kappa shape index (κ3) is 3.54. The Balaban J connectivity index is 2.16. The molecule has 1 aliphatic heterocycles. The molecule has 0 amide bonds. The molecule has 1 aromatic heterocycles. The summed E-state index contributed by atoms with van der Waals surface area (Å²) in [6, 6.07) is 0. The smallest absolute Gasteiger partial charge is 0.246 e. The second-order valence-corrected chi connectivity index (χ2v) is 8.37. The summed E-state index contributed by atoms with van der Waals surface area (Å²) in [4.78, 5) is 0.266. The fourth-order valence-corrected chi connectivity index (χ4v) is 4.08. The average Bonchev–Trinajstić information content (AvgIpc) is 2.75. The Bertz CT molecular complexity index is 554. The van der Waals surface area contributed by atoms with Gasteiger partial charge in [-0.2, -0.15) is 9.40 Å². The van der Waals surface area contributed by atoms with Gasteiger partial charge in [-0.15, -0.1) is 11.6 Å². The molecular weight excluding hydrogens is 298 g/mol. The van der Waals surface area contributed by atoms with Crippen molar-refractivity contribution in [1.82, 2.24) is 14.1 Å². The maximum atomic E-state index is 12.6. The summed E-state index contributed by atoms with van der Waals surface area (Å²) in [5.74, 6) is 0.416. The van der Waals surface area contributed by atoms with E-state index in [-0.39, 0.29) is 10.3 Å². The van der Waals surface area contributed by atoms with Crippen molar-refractivity contribution < 1.29 is 8.42 Å². The SMILES string of the molecule is CC1(C)CCCN(S(=O)(=O)c2cnn(CCCl)c2)CC1. The minimum atomic E-state index is -3.43. The number of halogens is 1. The second kappa shape index (κ2) is 6.03. The van der Waals surface area contributed by atoms with Crippen LogP contribution in [0, 0.1) is 5.41 Å². The molecule has 0 saturated carbocycles. The Morgan fingerprint density at radius 3 is 2.80 bits per heavy atom. The number of aryl methyl sites for hydroxylation is 1. The first-order chi connectivity index (χ1) is 9.35. The van der Waals surface area contributed by atoms with E-state index in [9.17, 15) is 8.42 Å². The minimum Gasteiger partial charge on any atom is -0.270 e. The molecule has 2 heterocycles. The van der Waals surface area contributed by atoms with Crippen LogP contribution in [0.5, 0.6) is 0 Å². The van der Waals surface area contributed by atoms with E-state index in [0.29, 0.717) is 25.5 Å². The zero-order valence-corrected chi connectivity index (χ0v) is 13.6. The Morgan fingerprint density at radius 2 is 2.10 bits per heavy atom. The molecule has 5 nitrogen and oxygen atoms in total. The topological polar surface area (TPSA) is 55.2 Å². The lowest BCUT2D eigenvalue weighted by Gasteiger charge is -2.22. The molecule has 7 heteroatoms. The van der Waals surface area contributed by atoms with Crippen LogP contribution in [0.15, 0.2) is 17.3 Å². The first-order valence-corrected chi connectivity index (χ1v) is 8.91. The van der Waals surface area contributed by atoms with Gasteiger partial charge in [-0.25, -0.2) is 8.42 Å². The molecule has 0 bridgehead atoms. The van der Waals surface area contributed by atoms with Gasteiger partial charge >= 0.3 is 0 Å². The van der Waals surface area contributed by atoms with Gasteiger partial charge in [-0.1, -0.05) is 13.8 Å². The largest absolute Gasteiger partial charge is 0.270 e. The first kappa shape index (κ1) is 15.8. The van der Waals surface area contributed by atoms with E-state index in [1.54, 1.807) is 15.2 Å². The van der Waals surface area contributed by atoms with Crippen LogP contribution in [0.25, 0.3) is 0 Å². The zero-order chi connectivity index (χ0) is 14.8. The van der Waals surface area contributed by atoms with Crippen LogP contribution in [-0.2, 0) is 16.6 Å². The van der Waals surface area contributed by atoms with E-state index in [1.807, 2.05) is 0 Å². The number of alkyl halides is 1. The van der Waals surface area contributed by atoms with Crippen LogP contribution in [-0.4, -0.2) is 41.5 Å². The number of aromatic nitrogens is 2. The standard InChI is InChI=1S/C13H22ClN3O2S/c1-13(2)4-3-7-17(8-5-13)20(18,19)12-10-15-16(11-12)9-6-14/h10-11H,3-9H2,1-2H3. The van der Waals surface area contributed by atoms with E-state index in [2.05, 4.69) is 18.9 Å². The van der Waals surface area contributed by atoms with Crippen molar-refractivity contribution in [3.8, 4) is 0 Å². The maximum Gasteiger partial charge on any atom is 0.246 e. The molecule has 1 saturated heterocycles. The molecule has 114 valence electrons. The van der Waals surface area contributed by atoms with Crippen molar-refractivity contribution >= 4 is 21.6 Å². The third-order valence-electron chi connectivity index (χ3n) is 3.86. The van der Waals surface area contributed by atoms with Crippen LogP contribution in [0.4, 0.5) is 0 Å². The van der Waals surface area contributed by atoms with Crippen molar-refractivity contribution in [3.05, 3.63) is 12.4 Å². The number of hydrogen-bond acceptors (Lipinski definition) is 3. The lowest BCUT2D eigenvalue weighted by atomic mass is 9.85. The molecule has 0 aliphatic carbocycles. The molecule has 2 rings (SSSR count). The summed E-state index contributed by atoms with van der Waals surface area (Å²) in [5.41, 5.74) is 0.215. The normalized spacial score (nSPS) is 20.8. The predicted octanol–water partition coefficient (Wildman–Crippen LogP) is 2.32. The van der Waals surface area contributed by atoms with Gasteiger partial charge in [0.25, 0.3) is 0 Å². The number of nitrogens with zero attached hydrogens (tertiary/aromatic N) is 3. The fourth-order valence-electron chi connectivity index (χ4n) is 2.47. The average molecular weight is 320 g/mol. The number of sulfonamides is 1. The van der Waals surface area contributed by atoms with E-state index in [4.69, 9.17) is 11.6 Å². The van der Waals surface area contributed by atoms with Crippen LogP contribution in [0.2, 0.25) is 0 Å². The molecule has 1 aliphatic rings. The highest BCUT2D eigenvalue weighted by molar-refractivity contribution is 7.89. The molecule has 0 N–H and O–H groups in total. The first-order valence-electron chi connectivity index (χ1n) is 6.94. The molecular formula is C13H22ClN3O2S. The summed E-state index contributed by atoms with van der Waals surface area (Å²) < 4.78 is 28.4. The van der Waals surface area contributed by atoms with Crippen molar-refractivity contribution in [2.45, 2.75) is 44.6 Å². The summed E-state index contributed by atoms with van der Waals surface area (Å²) in [6.45, 7) is 6.08. The number of hydrogen-bond donors (Lipinski definition) is 0. The van der Waals surface area contributed by atoms with Gasteiger partial charge < -0.3 is 0 Å². The van der Waals surface area contributed by atoms with Gasteiger partial charge in [-0.05, 0) is 24.7 Å². The highest BCUT2D eigenvalue weighted by Crippen LogP contribution is 2.31. The van der Waals surface area contributed by atoms with E-state index < -0.39 is 10.0 Å². The van der Waals surface area contributed by atoms with Crippen molar-refractivity contribution in [3.63, 3.8) is 0 Å². The molecule has 0 radical (unpaired) electrons. The summed E-state index contributed by atoms with van der Waals surface area (Å²) in [5, 5.41) is 4.05. The molecule has 0 aromatic carbocycles. The summed E-state index contributed by atoms with van der Waals surface area (Å²) >= 11 is 5.64. The fraction of sp³-hybridized carbons (Fsp3) is 0.769. The Hall–Kier alpha value is -0.590. The lowest BCUT2D eigenvalue weighted by molar-refractivity contribution is 0.315. The van der Waals surface area contributed by atoms with E-state index in [1.165, 1.54) is 6.20 Å². The van der Waals surface area contributed by atoms with Gasteiger partial charge in [0.2, 0.25) is 10.0 Å². The lowest BCUT2D eigenvalue weighted by Crippen LogP contribution is -2.32. The second-order valence-electron chi connectivity index (χ2n) is 6.05. The molecule has 1 fully saturated rings.